The summed E-state index contributed by atoms with van der Waals surface area (Å²) >= 11 is 0. The largest absolute Gasteiger partial charge is 0.497 e. The van der Waals surface area contributed by atoms with Gasteiger partial charge in [-0.05, 0) is 30.7 Å². The van der Waals surface area contributed by atoms with Crippen LogP contribution >= 0.6 is 0 Å². The quantitative estimate of drug-likeness (QED) is 0.932. The van der Waals surface area contributed by atoms with E-state index in [9.17, 15) is 9.59 Å². The number of hydrogen-bond donors (Lipinski definition) is 1. The third-order valence-electron chi connectivity index (χ3n) is 3.97. The van der Waals surface area contributed by atoms with Crippen molar-refractivity contribution in [1.29, 1.82) is 0 Å². The topological polar surface area (TPSA) is 71.0 Å². The molecule has 0 aromatic heterocycles. The maximum absolute atomic E-state index is 12.5. The molecule has 1 aliphatic rings. The van der Waals surface area contributed by atoms with Crippen molar-refractivity contribution in [3.05, 3.63) is 54.1 Å². The Morgan fingerprint density at radius 3 is 2.72 bits per heavy atom. The minimum absolute atomic E-state index is 0.118. The molecule has 1 aliphatic heterocycles. The van der Waals surface area contributed by atoms with Crippen LogP contribution in [0, 0.1) is 6.92 Å². The Hall–Kier alpha value is -3.15. The van der Waals surface area contributed by atoms with Gasteiger partial charge in [0.25, 0.3) is 5.91 Å². The minimum Gasteiger partial charge on any atom is -0.497 e. The molecule has 3 rings (SSSR count). The smallest absolute Gasteiger partial charge is 0.271 e. The number of carbonyl (C=O) groups excluding carboxylic acids is 2. The normalized spacial score (nSPS) is 14.1. The van der Waals surface area contributed by atoms with Gasteiger partial charge in [0, 0.05) is 24.6 Å². The Bertz CT molecular complexity index is 845. The van der Waals surface area contributed by atoms with E-state index in [-0.39, 0.29) is 18.2 Å². The van der Waals surface area contributed by atoms with Gasteiger partial charge in [0.1, 0.15) is 11.5 Å². The number of amides is 2. The van der Waals surface area contributed by atoms with Gasteiger partial charge >= 0.3 is 0 Å². The summed E-state index contributed by atoms with van der Waals surface area (Å²) in [5.41, 5.74) is 2.56. The molecule has 0 radical (unpaired) electrons. The van der Waals surface area contributed by atoms with Gasteiger partial charge in [0.05, 0.1) is 12.8 Å². The van der Waals surface area contributed by atoms with Crippen LogP contribution in [0.1, 0.15) is 18.4 Å². The number of aryl methyl sites for hydroxylation is 1. The van der Waals surface area contributed by atoms with Gasteiger partial charge in [-0.15, -0.1) is 0 Å². The predicted octanol–water partition coefficient (Wildman–Crippen LogP) is 3.13. The number of benzene rings is 2. The average molecular weight is 337 g/mol. The van der Waals surface area contributed by atoms with Crippen LogP contribution < -0.4 is 15.1 Å². The van der Waals surface area contributed by atoms with Gasteiger partial charge in [0.2, 0.25) is 5.91 Å². The van der Waals surface area contributed by atoms with E-state index in [0.29, 0.717) is 29.3 Å². The van der Waals surface area contributed by atoms with Crippen LogP contribution in [-0.2, 0) is 9.59 Å². The summed E-state index contributed by atoms with van der Waals surface area (Å²) in [6.45, 7) is 1.91. The lowest BCUT2D eigenvalue weighted by molar-refractivity contribution is -0.118. The monoisotopic (exact) mass is 337 g/mol. The summed E-state index contributed by atoms with van der Waals surface area (Å²) in [6.07, 6.45) is 0.565. The third-order valence-corrected chi connectivity index (χ3v) is 3.97. The Kier molecular flexibility index (Phi) is 4.79. The molecule has 25 heavy (non-hydrogen) atoms. The zero-order valence-corrected chi connectivity index (χ0v) is 14.2. The maximum atomic E-state index is 12.5. The highest BCUT2D eigenvalue weighted by molar-refractivity contribution is 6.44. The molecule has 0 saturated carbocycles. The summed E-state index contributed by atoms with van der Waals surface area (Å²) in [5, 5.41) is 8.41. The molecule has 2 amide bonds. The number of rotatable bonds is 4. The molecule has 0 bridgehead atoms. The summed E-state index contributed by atoms with van der Waals surface area (Å²) in [4.78, 5) is 24.7. The number of nitrogens with one attached hydrogen (secondary N) is 1. The first kappa shape index (κ1) is 16.7. The van der Waals surface area contributed by atoms with Crippen molar-refractivity contribution in [2.45, 2.75) is 19.8 Å². The molecule has 0 saturated heterocycles. The van der Waals surface area contributed by atoms with Crippen molar-refractivity contribution < 1.29 is 14.3 Å². The third kappa shape index (κ3) is 3.68. The molecule has 128 valence electrons. The Morgan fingerprint density at radius 2 is 1.96 bits per heavy atom. The second kappa shape index (κ2) is 7.17. The van der Waals surface area contributed by atoms with Crippen molar-refractivity contribution in [2.24, 2.45) is 5.10 Å². The van der Waals surface area contributed by atoms with Gasteiger partial charge in [-0.1, -0.05) is 24.3 Å². The number of nitrogens with zero attached hydrogens (tertiary/aromatic N) is 2. The number of para-hydroxylation sites is 1. The van der Waals surface area contributed by atoms with Gasteiger partial charge in [-0.3, -0.25) is 9.59 Å². The molecular weight excluding hydrogens is 318 g/mol. The number of anilines is 2. The van der Waals surface area contributed by atoms with E-state index in [1.807, 2.05) is 31.2 Å². The number of carbonyl (C=O) groups is 2. The van der Waals surface area contributed by atoms with Crippen LogP contribution in [-0.4, -0.2) is 24.6 Å². The summed E-state index contributed by atoms with van der Waals surface area (Å²) in [6, 6.07) is 14.6. The molecule has 0 fully saturated rings. The second-order valence-electron chi connectivity index (χ2n) is 5.72. The van der Waals surface area contributed by atoms with Gasteiger partial charge < -0.3 is 10.1 Å². The molecule has 0 spiro atoms. The van der Waals surface area contributed by atoms with Crippen molar-refractivity contribution in [3.63, 3.8) is 0 Å². The summed E-state index contributed by atoms with van der Waals surface area (Å²) in [5.74, 6) is 0.215. The Morgan fingerprint density at radius 1 is 1.16 bits per heavy atom. The first-order valence-corrected chi connectivity index (χ1v) is 8.00. The Labute approximate surface area is 146 Å². The highest BCUT2D eigenvalue weighted by Crippen LogP contribution is 2.24. The molecule has 0 atom stereocenters. The fourth-order valence-electron chi connectivity index (χ4n) is 2.61. The fourth-order valence-corrected chi connectivity index (χ4v) is 2.61. The maximum Gasteiger partial charge on any atom is 0.271 e. The molecule has 6 heteroatoms. The summed E-state index contributed by atoms with van der Waals surface area (Å²) < 4.78 is 5.15. The van der Waals surface area contributed by atoms with E-state index >= 15 is 0 Å². The van der Waals surface area contributed by atoms with Gasteiger partial charge in [-0.25, -0.2) is 5.01 Å². The van der Waals surface area contributed by atoms with Gasteiger partial charge in [0.15, 0.2) is 0 Å². The SMILES string of the molecule is COc1cccc(NC(=O)C2=NN(c3ccccc3C)C(=O)CC2)c1. The highest BCUT2D eigenvalue weighted by atomic mass is 16.5. The molecular formula is C19H19N3O3. The molecule has 1 heterocycles. The van der Waals surface area contributed by atoms with Crippen LogP contribution in [0.15, 0.2) is 53.6 Å². The zero-order valence-electron chi connectivity index (χ0n) is 14.2. The molecule has 2 aromatic carbocycles. The number of hydrazone groups is 1. The first-order valence-electron chi connectivity index (χ1n) is 8.00. The number of hydrogen-bond acceptors (Lipinski definition) is 4. The van der Waals surface area contributed by atoms with E-state index in [2.05, 4.69) is 10.4 Å². The molecule has 1 N–H and O–H groups in total. The Balaban J connectivity index is 1.83. The lowest BCUT2D eigenvalue weighted by Crippen LogP contribution is -2.36. The van der Waals surface area contributed by atoms with E-state index < -0.39 is 0 Å². The van der Waals surface area contributed by atoms with Crippen LogP contribution in [0.25, 0.3) is 0 Å². The van der Waals surface area contributed by atoms with E-state index in [1.54, 1.807) is 31.4 Å². The molecule has 0 aliphatic carbocycles. The minimum atomic E-state index is -0.320. The van der Waals surface area contributed by atoms with Crippen LogP contribution in [0.4, 0.5) is 11.4 Å². The molecule has 6 nitrogen and oxygen atoms in total. The summed E-state index contributed by atoms with van der Waals surface area (Å²) in [7, 11) is 1.57. The highest BCUT2D eigenvalue weighted by Gasteiger charge is 2.26. The van der Waals surface area contributed by atoms with Crippen molar-refractivity contribution in [3.8, 4) is 5.75 Å². The van der Waals surface area contributed by atoms with E-state index in [0.717, 1.165) is 5.56 Å². The van der Waals surface area contributed by atoms with Crippen molar-refractivity contribution in [1.82, 2.24) is 0 Å². The lowest BCUT2D eigenvalue weighted by atomic mass is 10.1. The first-order chi connectivity index (χ1) is 12.1. The number of methoxy groups -OCH3 is 1. The van der Waals surface area contributed by atoms with Crippen molar-refractivity contribution >= 4 is 28.9 Å². The molecule has 0 unspecified atom stereocenters. The van der Waals surface area contributed by atoms with Crippen LogP contribution in [0.3, 0.4) is 0 Å². The lowest BCUT2D eigenvalue weighted by Gasteiger charge is -2.24. The average Bonchev–Trinajstić information content (AvgIpc) is 2.63. The second-order valence-corrected chi connectivity index (χ2v) is 5.72. The van der Waals surface area contributed by atoms with Crippen LogP contribution in [0.2, 0.25) is 0 Å². The molecule has 2 aromatic rings. The fraction of sp³-hybridized carbons (Fsp3) is 0.211. The number of ether oxygens (including phenoxy) is 1. The van der Waals surface area contributed by atoms with E-state index in [4.69, 9.17) is 4.74 Å². The zero-order chi connectivity index (χ0) is 17.8. The van der Waals surface area contributed by atoms with Crippen LogP contribution in [0.5, 0.6) is 5.75 Å². The standard InChI is InChI=1S/C19H19N3O3/c1-13-6-3-4-9-17(13)22-18(23)11-10-16(21-22)19(24)20-14-7-5-8-15(12-14)25-2/h3-9,12H,10-11H2,1-2H3,(H,20,24). The van der Waals surface area contributed by atoms with Crippen molar-refractivity contribution in [2.75, 3.05) is 17.4 Å². The predicted molar refractivity (Wildman–Crippen MR) is 97.0 cm³/mol. The van der Waals surface area contributed by atoms with E-state index in [1.165, 1.54) is 5.01 Å². The van der Waals surface area contributed by atoms with Gasteiger partial charge in [-0.2, -0.15) is 5.10 Å².